The molecule has 3 N–H and O–H groups in total. The smallest absolute Gasteiger partial charge is 0.190 e. The maximum atomic E-state index is 5.92. The lowest BCUT2D eigenvalue weighted by Crippen LogP contribution is -2.33. The molecule has 2 aromatic rings. The Bertz CT molecular complexity index is 688. The molecular formula is C18H30IN7S. The molecular weight excluding hydrogens is 473 g/mol. The lowest BCUT2D eigenvalue weighted by Gasteiger charge is -2.11. The largest absolute Gasteiger partial charge is 0.370 e. The normalized spacial score (nSPS) is 11.5. The zero-order valence-electron chi connectivity index (χ0n) is 16.3. The number of guanidine groups is 1. The Balaban J connectivity index is 0.00000364. The molecule has 2 heterocycles. The summed E-state index contributed by atoms with van der Waals surface area (Å²) in [6, 6.07) is 5.91. The number of thioether (sulfide) groups is 1. The molecule has 0 saturated heterocycles. The van der Waals surface area contributed by atoms with Crippen LogP contribution in [-0.2, 0) is 19.4 Å². The van der Waals surface area contributed by atoms with Crippen molar-refractivity contribution in [2.24, 2.45) is 16.6 Å². The van der Waals surface area contributed by atoms with Crippen LogP contribution in [-0.4, -0.2) is 45.1 Å². The number of nitrogens with two attached hydrogens (primary N) is 1. The summed E-state index contributed by atoms with van der Waals surface area (Å²) in [6.45, 7) is 6.75. The Labute approximate surface area is 183 Å². The summed E-state index contributed by atoms with van der Waals surface area (Å²) in [4.78, 5) is 8.67. The quantitative estimate of drug-likeness (QED) is 0.170. The minimum atomic E-state index is 0. The van der Waals surface area contributed by atoms with Gasteiger partial charge in [0, 0.05) is 44.4 Å². The highest BCUT2D eigenvalue weighted by atomic mass is 127. The molecule has 9 heteroatoms. The third-order valence-electron chi connectivity index (χ3n) is 3.78. The maximum Gasteiger partial charge on any atom is 0.190 e. The third kappa shape index (κ3) is 8.46. The van der Waals surface area contributed by atoms with Gasteiger partial charge in [0.05, 0.1) is 0 Å². The Kier molecular flexibility index (Phi) is 11.3. The number of aromatic nitrogens is 4. The van der Waals surface area contributed by atoms with Crippen molar-refractivity contribution in [3.05, 3.63) is 35.9 Å². The van der Waals surface area contributed by atoms with E-state index in [0.717, 1.165) is 49.0 Å². The lowest BCUT2D eigenvalue weighted by molar-refractivity contribution is 0.477. The summed E-state index contributed by atoms with van der Waals surface area (Å²) >= 11 is 1.64. The summed E-state index contributed by atoms with van der Waals surface area (Å²) in [6.07, 6.45) is 6.41. The summed E-state index contributed by atoms with van der Waals surface area (Å²) in [5, 5.41) is 12.7. The first-order chi connectivity index (χ1) is 12.6. The predicted octanol–water partition coefficient (Wildman–Crippen LogP) is 2.75. The number of halogens is 1. The molecule has 0 aromatic carbocycles. The van der Waals surface area contributed by atoms with Crippen LogP contribution in [0.25, 0.3) is 0 Å². The van der Waals surface area contributed by atoms with E-state index in [-0.39, 0.29) is 24.0 Å². The Morgan fingerprint density at radius 3 is 2.78 bits per heavy atom. The first-order valence-electron chi connectivity index (χ1n) is 9.00. The van der Waals surface area contributed by atoms with Crippen molar-refractivity contribution in [3.63, 3.8) is 0 Å². The van der Waals surface area contributed by atoms with Crippen molar-refractivity contribution in [3.8, 4) is 0 Å². The van der Waals surface area contributed by atoms with Gasteiger partial charge in [0.1, 0.15) is 5.82 Å². The van der Waals surface area contributed by atoms with Crippen LogP contribution in [0.5, 0.6) is 0 Å². The zero-order valence-corrected chi connectivity index (χ0v) is 19.4. The van der Waals surface area contributed by atoms with Crippen LogP contribution in [0.1, 0.15) is 31.8 Å². The average molecular weight is 503 g/mol. The Morgan fingerprint density at radius 2 is 2.11 bits per heavy atom. The Hall–Kier alpha value is -1.36. The van der Waals surface area contributed by atoms with Gasteiger partial charge in [-0.15, -0.1) is 34.2 Å². The van der Waals surface area contributed by atoms with Gasteiger partial charge in [-0.3, -0.25) is 9.98 Å². The highest BCUT2D eigenvalue weighted by Gasteiger charge is 2.12. The molecule has 0 atom stereocenters. The standard InChI is InChI=1S/C18H29N7S.HI/c1-14(2)13-25-16(23-24-18(25)26-3)8-6-11-21-17(19)22-12-9-15-7-4-5-10-20-15;/h4-5,7,10,14H,6,8-9,11-13H2,1-3H3,(H3,19,21,22);1H. The van der Waals surface area contributed by atoms with Crippen LogP contribution < -0.4 is 11.1 Å². The number of aliphatic imine (C=N–C) groups is 1. The number of aryl methyl sites for hydroxylation is 1. The number of nitrogens with zero attached hydrogens (tertiary/aromatic N) is 5. The van der Waals surface area contributed by atoms with Crippen LogP contribution in [0.3, 0.4) is 0 Å². The fraction of sp³-hybridized carbons (Fsp3) is 0.556. The molecule has 0 aliphatic carbocycles. The molecule has 0 radical (unpaired) electrons. The summed E-state index contributed by atoms with van der Waals surface area (Å²) < 4.78 is 2.22. The summed E-state index contributed by atoms with van der Waals surface area (Å²) in [7, 11) is 0. The second-order valence-electron chi connectivity index (χ2n) is 6.48. The van der Waals surface area contributed by atoms with Gasteiger partial charge in [-0.1, -0.05) is 31.7 Å². The molecule has 0 fully saturated rings. The van der Waals surface area contributed by atoms with Crippen LogP contribution in [0, 0.1) is 5.92 Å². The number of nitrogens with one attached hydrogen (secondary N) is 1. The van der Waals surface area contributed by atoms with Crippen molar-refractivity contribution in [2.45, 2.75) is 44.8 Å². The molecule has 0 bridgehead atoms. The molecule has 2 aromatic heterocycles. The summed E-state index contributed by atoms with van der Waals surface area (Å²) in [5.41, 5.74) is 6.96. The predicted molar refractivity (Wildman–Crippen MR) is 123 cm³/mol. The number of hydrogen-bond acceptors (Lipinski definition) is 5. The second kappa shape index (κ2) is 12.9. The third-order valence-corrected chi connectivity index (χ3v) is 4.44. The number of rotatable bonds is 10. The van der Waals surface area contributed by atoms with Crippen molar-refractivity contribution < 1.29 is 0 Å². The first-order valence-corrected chi connectivity index (χ1v) is 10.2. The molecule has 0 aliphatic heterocycles. The average Bonchev–Trinajstić information content (AvgIpc) is 3.00. The van der Waals surface area contributed by atoms with E-state index in [1.165, 1.54) is 0 Å². The number of pyridine rings is 1. The van der Waals surface area contributed by atoms with Crippen molar-refractivity contribution in [2.75, 3.05) is 19.3 Å². The Morgan fingerprint density at radius 1 is 1.30 bits per heavy atom. The van der Waals surface area contributed by atoms with E-state index in [4.69, 9.17) is 5.73 Å². The van der Waals surface area contributed by atoms with Gasteiger partial charge in [-0.05, 0) is 30.7 Å². The van der Waals surface area contributed by atoms with Gasteiger partial charge in [0.25, 0.3) is 0 Å². The first kappa shape index (κ1) is 23.7. The van der Waals surface area contributed by atoms with Gasteiger partial charge in [-0.2, -0.15) is 0 Å². The van der Waals surface area contributed by atoms with E-state index < -0.39 is 0 Å². The molecule has 0 saturated carbocycles. The maximum absolute atomic E-state index is 5.92. The second-order valence-corrected chi connectivity index (χ2v) is 7.25. The van der Waals surface area contributed by atoms with Crippen LogP contribution in [0.15, 0.2) is 34.5 Å². The molecule has 150 valence electrons. The summed E-state index contributed by atoms with van der Waals surface area (Å²) in [5.74, 6) is 2.07. The molecule has 2 rings (SSSR count). The van der Waals surface area contributed by atoms with E-state index in [1.54, 1.807) is 18.0 Å². The molecule has 27 heavy (non-hydrogen) atoms. The molecule has 0 spiro atoms. The van der Waals surface area contributed by atoms with E-state index in [0.29, 0.717) is 18.4 Å². The fourth-order valence-electron chi connectivity index (χ4n) is 2.56. The monoisotopic (exact) mass is 503 g/mol. The van der Waals surface area contributed by atoms with Gasteiger partial charge in [0.2, 0.25) is 0 Å². The highest BCUT2D eigenvalue weighted by molar-refractivity contribution is 14.0. The fourth-order valence-corrected chi connectivity index (χ4v) is 3.08. The molecule has 7 nitrogen and oxygen atoms in total. The SMILES string of the molecule is CSc1nnc(CCCN=C(N)NCCc2ccccn2)n1CC(C)C.I. The minimum Gasteiger partial charge on any atom is -0.370 e. The van der Waals surface area contributed by atoms with E-state index in [2.05, 4.69) is 43.9 Å². The van der Waals surface area contributed by atoms with E-state index >= 15 is 0 Å². The van der Waals surface area contributed by atoms with Gasteiger partial charge < -0.3 is 15.6 Å². The molecule has 0 amide bonds. The number of hydrogen-bond donors (Lipinski definition) is 2. The molecule has 0 aliphatic rings. The van der Waals surface area contributed by atoms with Gasteiger partial charge >= 0.3 is 0 Å². The topological polar surface area (TPSA) is 94.0 Å². The van der Waals surface area contributed by atoms with E-state index in [1.807, 2.05) is 24.5 Å². The van der Waals surface area contributed by atoms with Crippen LogP contribution >= 0.6 is 35.7 Å². The van der Waals surface area contributed by atoms with Crippen molar-refractivity contribution in [1.82, 2.24) is 25.1 Å². The zero-order chi connectivity index (χ0) is 18.8. The lowest BCUT2D eigenvalue weighted by atomic mass is 10.2. The van der Waals surface area contributed by atoms with Gasteiger partial charge in [-0.25, -0.2) is 0 Å². The van der Waals surface area contributed by atoms with Gasteiger partial charge in [0.15, 0.2) is 11.1 Å². The van der Waals surface area contributed by atoms with Crippen LogP contribution in [0.4, 0.5) is 0 Å². The van der Waals surface area contributed by atoms with E-state index in [9.17, 15) is 0 Å². The van der Waals surface area contributed by atoms with Crippen LogP contribution in [0.2, 0.25) is 0 Å². The van der Waals surface area contributed by atoms with Crippen molar-refractivity contribution in [1.29, 1.82) is 0 Å². The minimum absolute atomic E-state index is 0. The van der Waals surface area contributed by atoms with Crippen molar-refractivity contribution >= 4 is 41.7 Å². The molecule has 0 unspecified atom stereocenters. The highest BCUT2D eigenvalue weighted by Crippen LogP contribution is 2.16.